The molecule has 156 valence electrons. The lowest BCUT2D eigenvalue weighted by Crippen LogP contribution is -2.49. The molecule has 0 aliphatic carbocycles. The van der Waals surface area contributed by atoms with Crippen LogP contribution in [0.2, 0.25) is 0 Å². The summed E-state index contributed by atoms with van der Waals surface area (Å²) >= 11 is 0. The summed E-state index contributed by atoms with van der Waals surface area (Å²) in [4.78, 5) is 16.8. The Morgan fingerprint density at radius 3 is 2.48 bits per heavy atom. The summed E-state index contributed by atoms with van der Waals surface area (Å²) < 4.78 is 8.05. The number of carbonyl (C=O) groups excluding carboxylic acids is 1. The number of fused-ring (bicyclic) bond motifs is 1. The fraction of sp³-hybridized carbons (Fsp3) is 0.591. The molecule has 7 nitrogen and oxygen atoms in total. The molecule has 1 fully saturated rings. The van der Waals surface area contributed by atoms with E-state index in [-0.39, 0.29) is 12.5 Å². The van der Waals surface area contributed by atoms with Gasteiger partial charge < -0.3 is 14.2 Å². The average Bonchev–Trinajstić information content (AvgIpc) is 2.92. The first-order chi connectivity index (χ1) is 14.1. The van der Waals surface area contributed by atoms with Gasteiger partial charge in [0.05, 0.1) is 6.54 Å². The fourth-order valence-corrected chi connectivity index (χ4v) is 4.27. The van der Waals surface area contributed by atoms with Gasteiger partial charge in [-0.2, -0.15) is 0 Å². The Balaban J connectivity index is 1.26. The first-order valence-corrected chi connectivity index (χ1v) is 10.7. The largest absolute Gasteiger partial charge is 0.484 e. The topological polar surface area (TPSA) is 63.5 Å². The van der Waals surface area contributed by atoms with Gasteiger partial charge in [0.1, 0.15) is 17.4 Å². The van der Waals surface area contributed by atoms with Crippen molar-refractivity contribution in [1.82, 2.24) is 24.6 Å². The van der Waals surface area contributed by atoms with Gasteiger partial charge in [0.15, 0.2) is 6.61 Å². The number of nitrogens with zero attached hydrogens (tertiary/aromatic N) is 5. The molecule has 0 saturated carbocycles. The highest BCUT2D eigenvalue weighted by molar-refractivity contribution is 5.77. The third-order valence-electron chi connectivity index (χ3n) is 5.83. The minimum atomic E-state index is 0.0557. The van der Waals surface area contributed by atoms with Crippen LogP contribution in [-0.2, 0) is 24.3 Å². The maximum atomic E-state index is 12.6. The Bertz CT molecular complexity index is 835. The first-order valence-electron chi connectivity index (χ1n) is 10.7. The lowest BCUT2D eigenvalue weighted by Gasteiger charge is -2.34. The van der Waals surface area contributed by atoms with Crippen molar-refractivity contribution < 1.29 is 9.53 Å². The third kappa shape index (κ3) is 4.96. The van der Waals surface area contributed by atoms with Gasteiger partial charge in [-0.05, 0) is 49.9 Å². The molecule has 2 aliphatic rings. The standard InChI is InChI=1S/C22H31N5O2/c1-17-12-18(2)14-19(13-17)29-16-22(28)26-10-8-25(9-11-26)15-21-24-23-20-6-4-3-5-7-27(20)21/h12-14H,3-11,15-16H2,1-2H3. The van der Waals surface area contributed by atoms with Crippen LogP contribution in [0.1, 0.15) is 42.0 Å². The monoisotopic (exact) mass is 397 g/mol. The van der Waals surface area contributed by atoms with Gasteiger partial charge in [-0.15, -0.1) is 10.2 Å². The van der Waals surface area contributed by atoms with Crippen molar-refractivity contribution in [2.75, 3.05) is 32.8 Å². The first kappa shape index (κ1) is 19.9. The van der Waals surface area contributed by atoms with E-state index in [1.165, 1.54) is 19.3 Å². The number of benzene rings is 1. The second-order valence-electron chi connectivity index (χ2n) is 8.26. The van der Waals surface area contributed by atoms with Gasteiger partial charge in [0.25, 0.3) is 5.91 Å². The van der Waals surface area contributed by atoms with Gasteiger partial charge >= 0.3 is 0 Å². The van der Waals surface area contributed by atoms with Crippen molar-refractivity contribution in [3.8, 4) is 5.75 Å². The Morgan fingerprint density at radius 1 is 0.966 bits per heavy atom. The second-order valence-corrected chi connectivity index (χ2v) is 8.26. The number of hydrogen-bond acceptors (Lipinski definition) is 5. The summed E-state index contributed by atoms with van der Waals surface area (Å²) in [6.07, 6.45) is 4.73. The van der Waals surface area contributed by atoms with E-state index in [4.69, 9.17) is 4.74 Å². The van der Waals surface area contributed by atoms with Gasteiger partial charge in [-0.1, -0.05) is 12.5 Å². The molecule has 3 heterocycles. The van der Waals surface area contributed by atoms with Crippen molar-refractivity contribution in [1.29, 1.82) is 0 Å². The Morgan fingerprint density at radius 2 is 1.72 bits per heavy atom. The predicted octanol–water partition coefficient (Wildman–Crippen LogP) is 2.34. The van der Waals surface area contributed by atoms with Crippen molar-refractivity contribution >= 4 is 5.91 Å². The average molecular weight is 398 g/mol. The van der Waals surface area contributed by atoms with E-state index in [1.807, 2.05) is 30.9 Å². The van der Waals surface area contributed by atoms with Crippen LogP contribution in [0.4, 0.5) is 0 Å². The summed E-state index contributed by atoms with van der Waals surface area (Å²) in [5.41, 5.74) is 2.29. The zero-order valence-corrected chi connectivity index (χ0v) is 17.6. The number of amides is 1. The van der Waals surface area contributed by atoms with E-state index in [0.717, 1.165) is 74.2 Å². The van der Waals surface area contributed by atoms with E-state index in [1.54, 1.807) is 0 Å². The van der Waals surface area contributed by atoms with Gasteiger partial charge in [-0.25, -0.2) is 0 Å². The number of aromatic nitrogens is 3. The second kappa shape index (κ2) is 8.95. The van der Waals surface area contributed by atoms with Crippen molar-refractivity contribution in [2.24, 2.45) is 0 Å². The molecule has 7 heteroatoms. The van der Waals surface area contributed by atoms with Crippen LogP contribution in [0.15, 0.2) is 18.2 Å². The maximum Gasteiger partial charge on any atom is 0.260 e. The van der Waals surface area contributed by atoms with Crippen LogP contribution in [0.3, 0.4) is 0 Å². The highest BCUT2D eigenvalue weighted by Crippen LogP contribution is 2.18. The lowest BCUT2D eigenvalue weighted by molar-refractivity contribution is -0.135. The molecule has 1 amide bonds. The quantitative estimate of drug-likeness (QED) is 0.775. The molecular formula is C22H31N5O2. The summed E-state index contributed by atoms with van der Waals surface area (Å²) in [5.74, 6) is 3.02. The van der Waals surface area contributed by atoms with Gasteiger partial charge in [0, 0.05) is 39.1 Å². The molecule has 2 aliphatic heterocycles. The summed E-state index contributed by atoms with van der Waals surface area (Å²) in [6.45, 7) is 9.20. The molecular weight excluding hydrogens is 366 g/mol. The Hall–Kier alpha value is -2.41. The lowest BCUT2D eigenvalue weighted by atomic mass is 10.1. The highest BCUT2D eigenvalue weighted by Gasteiger charge is 2.23. The number of carbonyl (C=O) groups is 1. The van der Waals surface area contributed by atoms with Crippen LogP contribution in [0.5, 0.6) is 5.75 Å². The molecule has 1 aromatic carbocycles. The Labute approximate surface area is 172 Å². The molecule has 29 heavy (non-hydrogen) atoms. The molecule has 0 atom stereocenters. The van der Waals surface area contributed by atoms with Crippen LogP contribution >= 0.6 is 0 Å². The minimum Gasteiger partial charge on any atom is -0.484 e. The highest BCUT2D eigenvalue weighted by atomic mass is 16.5. The number of piperazine rings is 1. The summed E-state index contributed by atoms with van der Waals surface area (Å²) in [6, 6.07) is 6.04. The zero-order valence-electron chi connectivity index (χ0n) is 17.6. The third-order valence-corrected chi connectivity index (χ3v) is 5.83. The molecule has 1 saturated heterocycles. The number of aryl methyl sites for hydroxylation is 3. The molecule has 2 aromatic rings. The van der Waals surface area contributed by atoms with E-state index in [9.17, 15) is 4.79 Å². The van der Waals surface area contributed by atoms with Crippen molar-refractivity contribution in [2.45, 2.75) is 52.6 Å². The Kier molecular flexibility index (Phi) is 6.13. The van der Waals surface area contributed by atoms with E-state index < -0.39 is 0 Å². The number of ether oxygens (including phenoxy) is 1. The molecule has 0 radical (unpaired) electrons. The molecule has 0 spiro atoms. The number of rotatable bonds is 5. The summed E-state index contributed by atoms with van der Waals surface area (Å²) in [7, 11) is 0. The molecule has 0 bridgehead atoms. The van der Waals surface area contributed by atoms with Crippen LogP contribution < -0.4 is 4.74 Å². The minimum absolute atomic E-state index is 0.0557. The van der Waals surface area contributed by atoms with Gasteiger partial charge in [-0.3, -0.25) is 9.69 Å². The smallest absolute Gasteiger partial charge is 0.260 e. The van der Waals surface area contributed by atoms with Gasteiger partial charge in [0.2, 0.25) is 0 Å². The van der Waals surface area contributed by atoms with E-state index in [0.29, 0.717) is 0 Å². The van der Waals surface area contributed by atoms with Crippen molar-refractivity contribution in [3.63, 3.8) is 0 Å². The molecule has 0 unspecified atom stereocenters. The number of hydrogen-bond donors (Lipinski definition) is 0. The van der Waals surface area contributed by atoms with Crippen LogP contribution in [0.25, 0.3) is 0 Å². The normalized spacial score (nSPS) is 17.7. The fourth-order valence-electron chi connectivity index (χ4n) is 4.27. The molecule has 1 aromatic heterocycles. The van der Waals surface area contributed by atoms with E-state index >= 15 is 0 Å². The zero-order chi connectivity index (χ0) is 20.2. The predicted molar refractivity (Wildman–Crippen MR) is 111 cm³/mol. The molecule has 4 rings (SSSR count). The van der Waals surface area contributed by atoms with Crippen LogP contribution in [0, 0.1) is 13.8 Å². The molecule has 0 N–H and O–H groups in total. The summed E-state index contributed by atoms with van der Waals surface area (Å²) in [5, 5.41) is 8.83. The van der Waals surface area contributed by atoms with E-state index in [2.05, 4.69) is 25.7 Å². The maximum absolute atomic E-state index is 12.6. The van der Waals surface area contributed by atoms with Crippen molar-refractivity contribution in [3.05, 3.63) is 41.0 Å². The SMILES string of the molecule is Cc1cc(C)cc(OCC(=O)N2CCN(Cc3nnc4n3CCCCC4)CC2)c1. The van der Waals surface area contributed by atoms with Crippen LogP contribution in [-0.4, -0.2) is 63.3 Å².